The summed E-state index contributed by atoms with van der Waals surface area (Å²) in [5.74, 6) is 0.965. The molecule has 1 N–H and O–H groups in total. The molecule has 0 aliphatic carbocycles. The highest BCUT2D eigenvalue weighted by Crippen LogP contribution is 2.17. The molecule has 0 saturated carbocycles. The Bertz CT molecular complexity index is 568. The third kappa shape index (κ3) is 3.81. The molecule has 0 bridgehead atoms. The van der Waals surface area contributed by atoms with Crippen molar-refractivity contribution in [3.05, 3.63) is 35.1 Å². The van der Waals surface area contributed by atoms with Crippen LogP contribution in [0.25, 0.3) is 0 Å². The van der Waals surface area contributed by atoms with Gasteiger partial charge in [0.15, 0.2) is 0 Å². The average molecular weight is 292 g/mol. The fourth-order valence-electron chi connectivity index (χ4n) is 1.77. The summed E-state index contributed by atoms with van der Waals surface area (Å²) in [5.41, 5.74) is 2.25. The van der Waals surface area contributed by atoms with Crippen LogP contribution < -0.4 is 10.2 Å². The molecular formula is C14H18ClN5. The van der Waals surface area contributed by atoms with Gasteiger partial charge in [-0.2, -0.15) is 15.0 Å². The summed E-state index contributed by atoms with van der Waals surface area (Å²) in [6.07, 6.45) is 2.23. The van der Waals surface area contributed by atoms with Crippen molar-refractivity contribution >= 4 is 29.2 Å². The smallest absolute Gasteiger partial charge is 0.233 e. The van der Waals surface area contributed by atoms with Crippen molar-refractivity contribution in [2.24, 2.45) is 0 Å². The van der Waals surface area contributed by atoms with Crippen molar-refractivity contribution in [1.29, 1.82) is 0 Å². The Hall–Kier alpha value is -1.88. The SMILES string of the molecule is CCCc1ccc(Nc2nc(Cl)nc(N(C)C)n2)cc1. The van der Waals surface area contributed by atoms with Gasteiger partial charge in [-0.25, -0.2) is 0 Å². The van der Waals surface area contributed by atoms with Gasteiger partial charge >= 0.3 is 0 Å². The Morgan fingerprint density at radius 1 is 1.10 bits per heavy atom. The van der Waals surface area contributed by atoms with E-state index >= 15 is 0 Å². The van der Waals surface area contributed by atoms with Crippen LogP contribution in [0, 0.1) is 0 Å². The lowest BCUT2D eigenvalue weighted by Crippen LogP contribution is -2.14. The second kappa shape index (κ2) is 6.52. The summed E-state index contributed by atoms with van der Waals surface area (Å²) in [4.78, 5) is 14.2. The molecule has 0 radical (unpaired) electrons. The summed E-state index contributed by atoms with van der Waals surface area (Å²) >= 11 is 5.90. The topological polar surface area (TPSA) is 53.9 Å². The normalized spacial score (nSPS) is 10.4. The molecule has 2 aromatic rings. The van der Waals surface area contributed by atoms with Gasteiger partial charge in [-0.3, -0.25) is 0 Å². The van der Waals surface area contributed by atoms with E-state index in [1.165, 1.54) is 5.56 Å². The molecule has 106 valence electrons. The zero-order valence-corrected chi connectivity index (χ0v) is 12.6. The van der Waals surface area contributed by atoms with E-state index in [4.69, 9.17) is 11.6 Å². The number of aryl methyl sites for hydroxylation is 1. The van der Waals surface area contributed by atoms with Crippen LogP contribution in [0.15, 0.2) is 24.3 Å². The van der Waals surface area contributed by atoms with Crippen molar-refractivity contribution in [3.8, 4) is 0 Å². The molecule has 0 spiro atoms. The highest BCUT2D eigenvalue weighted by atomic mass is 35.5. The van der Waals surface area contributed by atoms with E-state index in [0.29, 0.717) is 11.9 Å². The second-order valence-electron chi connectivity index (χ2n) is 4.69. The first-order valence-corrected chi connectivity index (χ1v) is 6.91. The second-order valence-corrected chi connectivity index (χ2v) is 5.03. The van der Waals surface area contributed by atoms with Crippen LogP contribution in [0.3, 0.4) is 0 Å². The van der Waals surface area contributed by atoms with E-state index in [0.717, 1.165) is 18.5 Å². The highest BCUT2D eigenvalue weighted by molar-refractivity contribution is 6.28. The lowest BCUT2D eigenvalue weighted by molar-refractivity contribution is 0.922. The molecule has 0 aliphatic rings. The lowest BCUT2D eigenvalue weighted by Gasteiger charge is -2.12. The summed E-state index contributed by atoms with van der Waals surface area (Å²) in [5, 5.41) is 3.31. The maximum absolute atomic E-state index is 5.90. The third-order valence-electron chi connectivity index (χ3n) is 2.75. The maximum atomic E-state index is 5.90. The number of halogens is 1. The Balaban J connectivity index is 2.16. The minimum absolute atomic E-state index is 0.175. The van der Waals surface area contributed by atoms with Crippen LogP contribution in [0.5, 0.6) is 0 Å². The molecule has 1 heterocycles. The van der Waals surface area contributed by atoms with Crippen LogP contribution >= 0.6 is 11.6 Å². The molecule has 0 aliphatic heterocycles. The van der Waals surface area contributed by atoms with E-state index in [2.05, 4.69) is 39.3 Å². The summed E-state index contributed by atoms with van der Waals surface area (Å²) < 4.78 is 0. The van der Waals surface area contributed by atoms with Crippen molar-refractivity contribution in [3.63, 3.8) is 0 Å². The summed E-state index contributed by atoms with van der Waals surface area (Å²) in [7, 11) is 3.71. The van der Waals surface area contributed by atoms with Crippen molar-refractivity contribution in [2.75, 3.05) is 24.3 Å². The van der Waals surface area contributed by atoms with E-state index in [9.17, 15) is 0 Å². The number of aromatic nitrogens is 3. The lowest BCUT2D eigenvalue weighted by atomic mass is 10.1. The van der Waals surface area contributed by atoms with Crippen LogP contribution in [-0.4, -0.2) is 29.0 Å². The first-order valence-electron chi connectivity index (χ1n) is 6.53. The number of nitrogens with one attached hydrogen (secondary N) is 1. The largest absolute Gasteiger partial charge is 0.347 e. The molecule has 1 aromatic carbocycles. The first kappa shape index (κ1) is 14.5. The number of hydrogen-bond acceptors (Lipinski definition) is 5. The van der Waals surface area contributed by atoms with Gasteiger partial charge in [-0.15, -0.1) is 0 Å². The van der Waals surface area contributed by atoms with E-state index in [1.54, 1.807) is 4.90 Å². The molecule has 0 unspecified atom stereocenters. The van der Waals surface area contributed by atoms with Gasteiger partial charge in [0.2, 0.25) is 17.2 Å². The number of nitrogens with zero attached hydrogens (tertiary/aromatic N) is 4. The van der Waals surface area contributed by atoms with Crippen LogP contribution in [-0.2, 0) is 6.42 Å². The maximum Gasteiger partial charge on any atom is 0.233 e. The van der Waals surface area contributed by atoms with E-state index in [1.807, 2.05) is 26.2 Å². The average Bonchev–Trinajstić information content (AvgIpc) is 2.40. The molecule has 2 rings (SSSR count). The minimum atomic E-state index is 0.175. The van der Waals surface area contributed by atoms with Gasteiger partial charge in [0.1, 0.15) is 0 Å². The highest BCUT2D eigenvalue weighted by Gasteiger charge is 2.06. The van der Waals surface area contributed by atoms with Crippen molar-refractivity contribution in [1.82, 2.24) is 15.0 Å². The Labute approximate surface area is 124 Å². The predicted octanol–water partition coefficient (Wildman–Crippen LogP) is 3.29. The molecule has 6 heteroatoms. The first-order chi connectivity index (χ1) is 9.58. The minimum Gasteiger partial charge on any atom is -0.347 e. The monoisotopic (exact) mass is 291 g/mol. The predicted molar refractivity (Wildman–Crippen MR) is 82.9 cm³/mol. The summed E-state index contributed by atoms with van der Waals surface area (Å²) in [6, 6.07) is 8.22. The molecular weight excluding hydrogens is 274 g/mol. The van der Waals surface area contributed by atoms with Crippen molar-refractivity contribution in [2.45, 2.75) is 19.8 Å². The zero-order chi connectivity index (χ0) is 14.5. The number of benzene rings is 1. The molecule has 0 amide bonds. The quantitative estimate of drug-likeness (QED) is 0.916. The molecule has 1 aromatic heterocycles. The zero-order valence-electron chi connectivity index (χ0n) is 11.9. The van der Waals surface area contributed by atoms with E-state index in [-0.39, 0.29) is 5.28 Å². The third-order valence-corrected chi connectivity index (χ3v) is 2.91. The Morgan fingerprint density at radius 2 is 1.80 bits per heavy atom. The van der Waals surface area contributed by atoms with Gasteiger partial charge in [-0.05, 0) is 35.7 Å². The van der Waals surface area contributed by atoms with E-state index < -0.39 is 0 Å². The molecule has 0 saturated heterocycles. The number of anilines is 3. The summed E-state index contributed by atoms with van der Waals surface area (Å²) in [6.45, 7) is 2.17. The molecule has 5 nitrogen and oxygen atoms in total. The molecule has 20 heavy (non-hydrogen) atoms. The number of hydrogen-bond donors (Lipinski definition) is 1. The fraction of sp³-hybridized carbons (Fsp3) is 0.357. The van der Waals surface area contributed by atoms with Gasteiger partial charge in [0.05, 0.1) is 0 Å². The van der Waals surface area contributed by atoms with Crippen LogP contribution in [0.2, 0.25) is 5.28 Å². The van der Waals surface area contributed by atoms with Gasteiger partial charge in [0.25, 0.3) is 0 Å². The van der Waals surface area contributed by atoms with Gasteiger partial charge in [0, 0.05) is 19.8 Å². The Morgan fingerprint density at radius 3 is 2.40 bits per heavy atom. The Kier molecular flexibility index (Phi) is 4.74. The number of rotatable bonds is 5. The van der Waals surface area contributed by atoms with Crippen LogP contribution in [0.4, 0.5) is 17.6 Å². The fourth-order valence-corrected chi connectivity index (χ4v) is 1.92. The molecule has 0 fully saturated rings. The van der Waals surface area contributed by atoms with Crippen molar-refractivity contribution < 1.29 is 0 Å². The van der Waals surface area contributed by atoms with Gasteiger partial charge < -0.3 is 10.2 Å². The van der Waals surface area contributed by atoms with Crippen LogP contribution in [0.1, 0.15) is 18.9 Å². The van der Waals surface area contributed by atoms with Gasteiger partial charge in [-0.1, -0.05) is 25.5 Å². The standard InChI is InChI=1S/C14H18ClN5/c1-4-5-10-6-8-11(9-7-10)16-13-17-12(15)18-14(19-13)20(2)3/h6-9H,4-5H2,1-3H3,(H,16,17,18,19). The molecule has 0 atom stereocenters.